The maximum Gasteiger partial charge on any atom is 0.115 e. The molecule has 72 valence electrons. The van der Waals surface area contributed by atoms with Gasteiger partial charge in [0.1, 0.15) is 6.33 Å². The first kappa shape index (κ1) is 10.1. The van der Waals surface area contributed by atoms with E-state index >= 15 is 0 Å². The topological polar surface area (TPSA) is 72.0 Å². The van der Waals surface area contributed by atoms with Crippen molar-refractivity contribution in [2.24, 2.45) is 11.7 Å². The number of hydrogen-bond acceptors (Lipinski definition) is 4. The Morgan fingerprint density at radius 3 is 2.31 bits per heavy atom. The summed E-state index contributed by atoms with van der Waals surface area (Å²) in [6.45, 7) is 3.94. The molecule has 2 atom stereocenters. The Balaban J connectivity index is 2.73. The van der Waals surface area contributed by atoms with Crippen molar-refractivity contribution in [1.82, 2.24) is 9.97 Å². The highest BCUT2D eigenvalue weighted by atomic mass is 16.3. The first-order chi connectivity index (χ1) is 6.13. The molecule has 0 saturated carbocycles. The van der Waals surface area contributed by atoms with Crippen LogP contribution in [0.15, 0.2) is 18.7 Å². The number of nitrogens with two attached hydrogens (primary N) is 1. The fourth-order valence-electron chi connectivity index (χ4n) is 1.05. The minimum absolute atomic E-state index is 0.232. The quantitative estimate of drug-likeness (QED) is 0.712. The summed E-state index contributed by atoms with van der Waals surface area (Å²) in [5.41, 5.74) is 6.46. The smallest absolute Gasteiger partial charge is 0.115 e. The van der Waals surface area contributed by atoms with E-state index < -0.39 is 6.10 Å². The molecule has 1 heterocycles. The molecule has 0 radical (unpaired) electrons. The highest BCUT2D eigenvalue weighted by Crippen LogP contribution is 2.18. The van der Waals surface area contributed by atoms with Crippen LogP contribution in [-0.4, -0.2) is 21.1 Å². The van der Waals surface area contributed by atoms with E-state index in [2.05, 4.69) is 9.97 Å². The van der Waals surface area contributed by atoms with Crippen LogP contribution in [0.4, 0.5) is 0 Å². The third-order valence-electron chi connectivity index (χ3n) is 2.06. The van der Waals surface area contributed by atoms with Crippen molar-refractivity contribution in [3.63, 3.8) is 0 Å². The van der Waals surface area contributed by atoms with Crippen LogP contribution >= 0.6 is 0 Å². The largest absolute Gasteiger partial charge is 0.387 e. The van der Waals surface area contributed by atoms with Gasteiger partial charge in [0, 0.05) is 24.0 Å². The van der Waals surface area contributed by atoms with E-state index in [9.17, 15) is 5.11 Å². The molecule has 4 nitrogen and oxygen atoms in total. The zero-order chi connectivity index (χ0) is 9.84. The standard InChI is InChI=1S/C9H15N3O/c1-6(2)8(10)9(13)7-3-11-5-12-4-7/h3-6,8-9,13H,10H2,1-2H3/t8-,9+/m1/s1. The minimum atomic E-state index is -0.679. The average molecular weight is 181 g/mol. The van der Waals surface area contributed by atoms with Gasteiger partial charge in [-0.1, -0.05) is 13.8 Å². The van der Waals surface area contributed by atoms with Crippen LogP contribution in [0.3, 0.4) is 0 Å². The van der Waals surface area contributed by atoms with Gasteiger partial charge in [-0.05, 0) is 5.92 Å². The highest BCUT2D eigenvalue weighted by Gasteiger charge is 2.19. The average Bonchev–Trinajstić information content (AvgIpc) is 2.17. The lowest BCUT2D eigenvalue weighted by Crippen LogP contribution is -2.33. The Hall–Kier alpha value is -1.00. The number of hydrogen-bond donors (Lipinski definition) is 2. The molecule has 13 heavy (non-hydrogen) atoms. The van der Waals surface area contributed by atoms with E-state index in [4.69, 9.17) is 5.73 Å². The monoisotopic (exact) mass is 181 g/mol. The van der Waals surface area contributed by atoms with Crippen LogP contribution in [0.25, 0.3) is 0 Å². The second kappa shape index (κ2) is 4.30. The molecule has 3 N–H and O–H groups in total. The predicted octanol–water partition coefficient (Wildman–Crippen LogP) is 0.493. The van der Waals surface area contributed by atoms with Crippen LogP contribution in [0.1, 0.15) is 25.5 Å². The molecule has 0 spiro atoms. The Labute approximate surface area is 77.8 Å². The summed E-state index contributed by atoms with van der Waals surface area (Å²) in [6.07, 6.45) is 3.91. The van der Waals surface area contributed by atoms with E-state index in [0.717, 1.165) is 0 Å². The predicted molar refractivity (Wildman–Crippen MR) is 49.8 cm³/mol. The Bertz CT molecular complexity index is 250. The van der Waals surface area contributed by atoms with Crippen molar-refractivity contribution in [3.05, 3.63) is 24.3 Å². The van der Waals surface area contributed by atoms with Crippen molar-refractivity contribution in [1.29, 1.82) is 0 Å². The first-order valence-corrected chi connectivity index (χ1v) is 4.31. The molecule has 4 heteroatoms. The van der Waals surface area contributed by atoms with Gasteiger partial charge >= 0.3 is 0 Å². The second-order valence-electron chi connectivity index (χ2n) is 3.44. The molecule has 0 bridgehead atoms. The maximum atomic E-state index is 9.75. The first-order valence-electron chi connectivity index (χ1n) is 4.31. The molecule has 1 rings (SSSR count). The van der Waals surface area contributed by atoms with Gasteiger partial charge in [0.2, 0.25) is 0 Å². The van der Waals surface area contributed by atoms with Gasteiger partial charge in [-0.2, -0.15) is 0 Å². The van der Waals surface area contributed by atoms with Crippen molar-refractivity contribution in [2.45, 2.75) is 26.0 Å². The van der Waals surface area contributed by atoms with Gasteiger partial charge in [0.15, 0.2) is 0 Å². The van der Waals surface area contributed by atoms with Crippen LogP contribution in [0.5, 0.6) is 0 Å². The summed E-state index contributed by atoms with van der Waals surface area (Å²) in [5, 5.41) is 9.75. The highest BCUT2D eigenvalue weighted by molar-refractivity contribution is 5.09. The van der Waals surface area contributed by atoms with Gasteiger partial charge in [-0.3, -0.25) is 0 Å². The molecule has 0 fully saturated rings. The zero-order valence-corrected chi connectivity index (χ0v) is 7.88. The van der Waals surface area contributed by atoms with Crippen molar-refractivity contribution < 1.29 is 5.11 Å². The molecular weight excluding hydrogens is 166 g/mol. The summed E-state index contributed by atoms with van der Waals surface area (Å²) in [4.78, 5) is 7.64. The molecule has 0 aromatic carbocycles. The fourth-order valence-corrected chi connectivity index (χ4v) is 1.05. The lowest BCUT2D eigenvalue weighted by atomic mass is 9.96. The molecule has 1 aromatic rings. The maximum absolute atomic E-state index is 9.75. The molecule has 0 unspecified atom stereocenters. The number of rotatable bonds is 3. The molecule has 0 saturated heterocycles. The van der Waals surface area contributed by atoms with Crippen molar-refractivity contribution in [2.75, 3.05) is 0 Å². The summed E-state index contributed by atoms with van der Waals surface area (Å²) in [5.74, 6) is 0.232. The molecule has 0 aliphatic rings. The number of aliphatic hydroxyl groups excluding tert-OH is 1. The van der Waals surface area contributed by atoms with Crippen LogP contribution < -0.4 is 5.73 Å². The normalized spacial score (nSPS) is 15.8. The Morgan fingerprint density at radius 2 is 1.85 bits per heavy atom. The van der Waals surface area contributed by atoms with Crippen LogP contribution in [0, 0.1) is 5.92 Å². The summed E-state index contributed by atoms with van der Waals surface area (Å²) in [6, 6.07) is -0.272. The second-order valence-corrected chi connectivity index (χ2v) is 3.44. The lowest BCUT2D eigenvalue weighted by Gasteiger charge is -2.21. The van der Waals surface area contributed by atoms with E-state index in [1.54, 1.807) is 12.4 Å². The molecule has 0 amide bonds. The van der Waals surface area contributed by atoms with Gasteiger partial charge in [-0.15, -0.1) is 0 Å². The number of nitrogens with zero attached hydrogens (tertiary/aromatic N) is 2. The van der Waals surface area contributed by atoms with E-state index in [1.165, 1.54) is 6.33 Å². The number of aromatic nitrogens is 2. The lowest BCUT2D eigenvalue weighted by molar-refractivity contribution is 0.125. The number of aliphatic hydroxyl groups is 1. The summed E-state index contributed by atoms with van der Waals surface area (Å²) in [7, 11) is 0. The Morgan fingerprint density at radius 1 is 1.31 bits per heavy atom. The van der Waals surface area contributed by atoms with Gasteiger partial charge in [0.05, 0.1) is 6.10 Å². The minimum Gasteiger partial charge on any atom is -0.387 e. The SMILES string of the molecule is CC(C)[C@@H](N)[C@@H](O)c1cncnc1. The molecule has 0 aliphatic heterocycles. The third-order valence-corrected chi connectivity index (χ3v) is 2.06. The van der Waals surface area contributed by atoms with Crippen LogP contribution in [0.2, 0.25) is 0 Å². The molecular formula is C9H15N3O. The summed E-state index contributed by atoms with van der Waals surface area (Å²) >= 11 is 0. The van der Waals surface area contributed by atoms with Gasteiger partial charge in [-0.25, -0.2) is 9.97 Å². The Kier molecular flexibility index (Phi) is 3.33. The van der Waals surface area contributed by atoms with Crippen molar-refractivity contribution in [3.8, 4) is 0 Å². The third kappa shape index (κ3) is 2.47. The van der Waals surface area contributed by atoms with Gasteiger partial charge in [0.25, 0.3) is 0 Å². The summed E-state index contributed by atoms with van der Waals surface area (Å²) < 4.78 is 0. The van der Waals surface area contributed by atoms with E-state index in [-0.39, 0.29) is 12.0 Å². The molecule has 0 aliphatic carbocycles. The fraction of sp³-hybridized carbons (Fsp3) is 0.556. The van der Waals surface area contributed by atoms with E-state index in [1.807, 2.05) is 13.8 Å². The van der Waals surface area contributed by atoms with E-state index in [0.29, 0.717) is 5.56 Å². The van der Waals surface area contributed by atoms with Crippen LogP contribution in [-0.2, 0) is 0 Å². The zero-order valence-electron chi connectivity index (χ0n) is 7.88. The molecule has 1 aromatic heterocycles. The van der Waals surface area contributed by atoms with Crippen molar-refractivity contribution >= 4 is 0 Å². The van der Waals surface area contributed by atoms with Gasteiger partial charge < -0.3 is 10.8 Å².